The Labute approximate surface area is 86.8 Å². The van der Waals surface area contributed by atoms with Gasteiger partial charge in [0, 0.05) is 0 Å². The molecule has 0 rings (SSSR count). The van der Waals surface area contributed by atoms with E-state index < -0.39 is 24.0 Å². The third-order valence-corrected chi connectivity index (χ3v) is 1.46. The Balaban J connectivity index is 3.75. The number of aliphatic carboxylic acids is 1. The summed E-state index contributed by atoms with van der Waals surface area (Å²) in [6, 6.07) is -0.849. The molecule has 0 saturated heterocycles. The summed E-state index contributed by atoms with van der Waals surface area (Å²) in [5.74, 6) is -1.71. The number of rotatable bonds is 5. The topological polar surface area (TPSA) is 105 Å². The molecule has 0 fully saturated rings. The van der Waals surface area contributed by atoms with E-state index in [2.05, 4.69) is 10.1 Å². The van der Waals surface area contributed by atoms with Gasteiger partial charge in [0.05, 0.1) is 13.2 Å². The van der Waals surface area contributed by atoms with Crippen LogP contribution in [0.4, 0.5) is 4.79 Å². The first-order valence-electron chi connectivity index (χ1n) is 4.40. The van der Waals surface area contributed by atoms with E-state index in [0.717, 1.165) is 0 Å². The van der Waals surface area contributed by atoms with Crippen LogP contribution < -0.4 is 10.6 Å². The molecule has 7 heteroatoms. The van der Waals surface area contributed by atoms with Gasteiger partial charge in [-0.1, -0.05) is 0 Å². The van der Waals surface area contributed by atoms with E-state index in [1.807, 2.05) is 5.32 Å². The minimum Gasteiger partial charge on any atom is -0.480 e. The number of carboxylic acids is 1. The smallest absolute Gasteiger partial charge is 0.413 e. The van der Waals surface area contributed by atoms with Crippen molar-refractivity contribution >= 4 is 18.0 Å². The lowest BCUT2D eigenvalue weighted by atomic mass is 10.3. The maximum absolute atomic E-state index is 11.0. The van der Waals surface area contributed by atoms with Gasteiger partial charge in [-0.2, -0.15) is 0 Å². The van der Waals surface area contributed by atoms with Crippen molar-refractivity contribution in [3.8, 4) is 0 Å². The molecule has 0 heterocycles. The van der Waals surface area contributed by atoms with Crippen molar-refractivity contribution < 1.29 is 24.2 Å². The molecular weight excluding hydrogens is 204 g/mol. The lowest BCUT2D eigenvalue weighted by Gasteiger charge is -2.08. The molecule has 0 aromatic heterocycles. The SMILES string of the molecule is CCOC(=O)NC(=O)CN[C@H](C)C(=O)O. The number of amides is 2. The van der Waals surface area contributed by atoms with Crippen molar-refractivity contribution in [1.82, 2.24) is 10.6 Å². The van der Waals surface area contributed by atoms with Crippen molar-refractivity contribution in [2.75, 3.05) is 13.2 Å². The van der Waals surface area contributed by atoms with Gasteiger partial charge in [-0.25, -0.2) is 4.79 Å². The third kappa shape index (κ3) is 6.44. The van der Waals surface area contributed by atoms with Crippen molar-refractivity contribution in [1.29, 1.82) is 0 Å². The Morgan fingerprint density at radius 3 is 2.47 bits per heavy atom. The van der Waals surface area contributed by atoms with Crippen LogP contribution >= 0.6 is 0 Å². The highest BCUT2D eigenvalue weighted by atomic mass is 16.5. The van der Waals surface area contributed by atoms with Crippen molar-refractivity contribution in [2.45, 2.75) is 19.9 Å². The van der Waals surface area contributed by atoms with Crippen molar-refractivity contribution in [2.24, 2.45) is 0 Å². The number of hydrogen-bond acceptors (Lipinski definition) is 5. The largest absolute Gasteiger partial charge is 0.480 e. The fraction of sp³-hybridized carbons (Fsp3) is 0.625. The lowest BCUT2D eigenvalue weighted by Crippen LogP contribution is -2.43. The Kier molecular flexibility index (Phi) is 6.03. The van der Waals surface area contributed by atoms with E-state index in [9.17, 15) is 14.4 Å². The zero-order valence-electron chi connectivity index (χ0n) is 8.57. The maximum Gasteiger partial charge on any atom is 0.413 e. The van der Waals surface area contributed by atoms with Gasteiger partial charge in [0.2, 0.25) is 5.91 Å². The van der Waals surface area contributed by atoms with Crippen LogP contribution in [0.2, 0.25) is 0 Å². The number of ether oxygens (including phenoxy) is 1. The number of carbonyl (C=O) groups is 3. The third-order valence-electron chi connectivity index (χ3n) is 1.46. The van der Waals surface area contributed by atoms with Gasteiger partial charge in [0.15, 0.2) is 0 Å². The molecule has 0 radical (unpaired) electrons. The molecule has 0 aromatic carbocycles. The molecule has 0 aliphatic heterocycles. The zero-order valence-corrected chi connectivity index (χ0v) is 8.57. The molecule has 7 nitrogen and oxygen atoms in total. The fourth-order valence-electron chi connectivity index (χ4n) is 0.658. The average molecular weight is 218 g/mol. The quantitative estimate of drug-likeness (QED) is 0.564. The molecule has 0 unspecified atom stereocenters. The molecule has 0 aliphatic carbocycles. The second-order valence-corrected chi connectivity index (χ2v) is 2.71. The highest BCUT2D eigenvalue weighted by Gasteiger charge is 2.13. The van der Waals surface area contributed by atoms with Gasteiger partial charge in [0.25, 0.3) is 0 Å². The van der Waals surface area contributed by atoms with Gasteiger partial charge >= 0.3 is 12.1 Å². The molecule has 3 N–H and O–H groups in total. The molecule has 0 aliphatic rings. The number of alkyl carbamates (subject to hydrolysis) is 1. The summed E-state index contributed by atoms with van der Waals surface area (Å²) < 4.78 is 4.45. The first-order chi connectivity index (χ1) is 6.97. The predicted molar refractivity (Wildman–Crippen MR) is 50.3 cm³/mol. The normalized spacial score (nSPS) is 11.6. The summed E-state index contributed by atoms with van der Waals surface area (Å²) in [5, 5.41) is 12.8. The van der Waals surface area contributed by atoms with Crippen LogP contribution in [0.3, 0.4) is 0 Å². The number of carbonyl (C=O) groups excluding carboxylic acids is 2. The minimum atomic E-state index is -1.07. The number of imide groups is 1. The first-order valence-corrected chi connectivity index (χ1v) is 4.40. The van der Waals surface area contributed by atoms with Crippen LogP contribution in [0, 0.1) is 0 Å². The van der Waals surface area contributed by atoms with E-state index in [1.165, 1.54) is 6.92 Å². The highest BCUT2D eigenvalue weighted by molar-refractivity contribution is 5.93. The summed E-state index contributed by atoms with van der Waals surface area (Å²) in [7, 11) is 0. The van der Waals surface area contributed by atoms with E-state index in [-0.39, 0.29) is 13.2 Å². The Morgan fingerprint density at radius 2 is 2.00 bits per heavy atom. The van der Waals surface area contributed by atoms with Crippen LogP contribution in [0.25, 0.3) is 0 Å². The van der Waals surface area contributed by atoms with Gasteiger partial charge < -0.3 is 9.84 Å². The molecule has 0 saturated carbocycles. The average Bonchev–Trinajstić information content (AvgIpc) is 2.14. The molecular formula is C8H14N2O5. The Bertz CT molecular complexity index is 253. The van der Waals surface area contributed by atoms with Crippen LogP contribution in [0.15, 0.2) is 0 Å². The summed E-state index contributed by atoms with van der Waals surface area (Å²) in [6.07, 6.45) is -0.840. The molecule has 1 atom stereocenters. The van der Waals surface area contributed by atoms with E-state index in [0.29, 0.717) is 0 Å². The van der Waals surface area contributed by atoms with Gasteiger partial charge in [-0.05, 0) is 13.8 Å². The molecule has 0 aromatic rings. The summed E-state index contributed by atoms with van der Waals surface area (Å²) in [4.78, 5) is 32.1. The highest BCUT2D eigenvalue weighted by Crippen LogP contribution is 1.81. The second-order valence-electron chi connectivity index (χ2n) is 2.71. The van der Waals surface area contributed by atoms with Crippen molar-refractivity contribution in [3.05, 3.63) is 0 Å². The standard InChI is InChI=1S/C8H14N2O5/c1-3-15-8(14)10-6(11)4-9-5(2)7(12)13/h5,9H,3-4H2,1-2H3,(H,12,13)(H,10,11,14)/t5-/m1/s1. The van der Waals surface area contributed by atoms with Gasteiger partial charge in [-0.3, -0.25) is 20.2 Å². The van der Waals surface area contributed by atoms with Crippen LogP contribution in [0.5, 0.6) is 0 Å². The summed E-state index contributed by atoms with van der Waals surface area (Å²) >= 11 is 0. The predicted octanol–water partition coefficient (Wildman–Crippen LogP) is -0.678. The summed E-state index contributed by atoms with van der Waals surface area (Å²) in [6.45, 7) is 2.90. The zero-order chi connectivity index (χ0) is 11.8. The van der Waals surface area contributed by atoms with E-state index >= 15 is 0 Å². The number of nitrogens with one attached hydrogen (secondary N) is 2. The molecule has 2 amide bonds. The first kappa shape index (κ1) is 13.4. The number of carboxylic acid groups (broad SMARTS) is 1. The maximum atomic E-state index is 11.0. The molecule has 0 bridgehead atoms. The molecule has 0 spiro atoms. The van der Waals surface area contributed by atoms with E-state index in [1.54, 1.807) is 6.92 Å². The van der Waals surface area contributed by atoms with Gasteiger partial charge in [0.1, 0.15) is 6.04 Å². The Morgan fingerprint density at radius 1 is 1.40 bits per heavy atom. The van der Waals surface area contributed by atoms with Crippen LogP contribution in [-0.4, -0.2) is 42.3 Å². The minimum absolute atomic E-state index is 0.165. The summed E-state index contributed by atoms with van der Waals surface area (Å²) in [5.41, 5.74) is 0. The molecule has 86 valence electrons. The van der Waals surface area contributed by atoms with Crippen molar-refractivity contribution in [3.63, 3.8) is 0 Å². The van der Waals surface area contributed by atoms with Crippen LogP contribution in [0.1, 0.15) is 13.8 Å². The monoisotopic (exact) mass is 218 g/mol. The van der Waals surface area contributed by atoms with E-state index in [4.69, 9.17) is 5.11 Å². The number of hydrogen-bond donors (Lipinski definition) is 3. The fourth-order valence-corrected chi connectivity index (χ4v) is 0.658. The lowest BCUT2D eigenvalue weighted by molar-refractivity contribution is -0.139. The second kappa shape index (κ2) is 6.77. The Hall–Kier alpha value is -1.63. The van der Waals surface area contributed by atoms with Gasteiger partial charge in [-0.15, -0.1) is 0 Å². The molecule has 15 heavy (non-hydrogen) atoms. The van der Waals surface area contributed by atoms with Crippen LogP contribution in [-0.2, 0) is 14.3 Å².